The molecule has 126 valence electrons. The van der Waals surface area contributed by atoms with Crippen LogP contribution < -0.4 is 25.6 Å². The number of allylic oxidation sites excluding steroid dienone is 1. The van der Waals surface area contributed by atoms with Crippen molar-refractivity contribution in [3.05, 3.63) is 29.8 Å². The molecule has 1 amide bonds. The van der Waals surface area contributed by atoms with E-state index in [0.29, 0.717) is 16.6 Å². The zero-order chi connectivity index (χ0) is 17.2. The molecule has 0 spiro atoms. The maximum Gasteiger partial charge on any atom is 0.276 e. The average molecular weight is 337 g/mol. The van der Waals surface area contributed by atoms with E-state index >= 15 is 0 Å². The number of hydrogen-bond acceptors (Lipinski definition) is 4. The summed E-state index contributed by atoms with van der Waals surface area (Å²) in [5, 5.41) is 3.30. The van der Waals surface area contributed by atoms with Crippen molar-refractivity contribution in [2.45, 2.75) is 26.8 Å². The molecular formula is C16H23N3O3S. The van der Waals surface area contributed by atoms with Crippen LogP contribution in [-0.2, 0) is 4.79 Å². The van der Waals surface area contributed by atoms with Gasteiger partial charge in [0.05, 0.1) is 7.11 Å². The highest BCUT2D eigenvalue weighted by atomic mass is 32.1. The Balaban J connectivity index is 2.51. The number of thiocarbonyl (C=S) groups is 1. The molecule has 7 heteroatoms. The number of hydrogen-bond donors (Lipinski definition) is 3. The van der Waals surface area contributed by atoms with Crippen molar-refractivity contribution < 1.29 is 14.3 Å². The topological polar surface area (TPSA) is 71.6 Å². The van der Waals surface area contributed by atoms with Gasteiger partial charge in [-0.05, 0) is 50.7 Å². The van der Waals surface area contributed by atoms with E-state index in [2.05, 4.69) is 16.2 Å². The molecule has 0 aliphatic heterocycles. The minimum atomic E-state index is -0.350. The Morgan fingerprint density at radius 3 is 2.65 bits per heavy atom. The summed E-state index contributed by atoms with van der Waals surface area (Å²) in [6.07, 6.45) is 3.88. The van der Waals surface area contributed by atoms with Crippen LogP contribution in [0.25, 0.3) is 6.08 Å². The van der Waals surface area contributed by atoms with Gasteiger partial charge in [0.25, 0.3) is 5.91 Å². The molecule has 0 aliphatic rings. The largest absolute Gasteiger partial charge is 0.493 e. The summed E-state index contributed by atoms with van der Waals surface area (Å²) < 4.78 is 10.7. The molecule has 0 atom stereocenters. The highest BCUT2D eigenvalue weighted by molar-refractivity contribution is 7.80. The summed E-state index contributed by atoms with van der Waals surface area (Å²) >= 11 is 5.00. The lowest BCUT2D eigenvalue weighted by molar-refractivity contribution is -0.123. The number of amides is 1. The second kappa shape index (κ2) is 9.68. The molecule has 1 aromatic rings. The van der Waals surface area contributed by atoms with Crippen LogP contribution in [0.5, 0.6) is 11.5 Å². The second-order valence-electron chi connectivity index (χ2n) is 5.00. The summed E-state index contributed by atoms with van der Waals surface area (Å²) in [7, 11) is 1.55. The number of benzene rings is 1. The van der Waals surface area contributed by atoms with Crippen LogP contribution in [0.15, 0.2) is 24.3 Å². The fraction of sp³-hybridized carbons (Fsp3) is 0.375. The zero-order valence-electron chi connectivity index (χ0n) is 13.8. The summed E-state index contributed by atoms with van der Waals surface area (Å²) in [6, 6.07) is 5.67. The van der Waals surface area contributed by atoms with Crippen LogP contribution in [0.1, 0.15) is 26.3 Å². The van der Waals surface area contributed by atoms with Gasteiger partial charge < -0.3 is 14.8 Å². The number of ether oxygens (including phenoxy) is 2. The first kappa shape index (κ1) is 18.8. The Morgan fingerprint density at radius 1 is 1.30 bits per heavy atom. The van der Waals surface area contributed by atoms with Crippen molar-refractivity contribution in [3.8, 4) is 11.5 Å². The van der Waals surface area contributed by atoms with E-state index in [9.17, 15) is 4.79 Å². The molecule has 0 aromatic heterocycles. The van der Waals surface area contributed by atoms with Crippen LogP contribution in [-0.4, -0.2) is 30.8 Å². The Bertz CT molecular complexity index is 574. The van der Waals surface area contributed by atoms with E-state index < -0.39 is 0 Å². The monoisotopic (exact) mass is 337 g/mol. The number of carbonyl (C=O) groups is 1. The molecule has 0 radical (unpaired) electrons. The Morgan fingerprint density at radius 2 is 2.04 bits per heavy atom. The number of carbonyl (C=O) groups excluding carboxylic acids is 1. The van der Waals surface area contributed by atoms with Crippen molar-refractivity contribution in [3.63, 3.8) is 0 Å². The molecule has 6 nitrogen and oxygen atoms in total. The van der Waals surface area contributed by atoms with Crippen molar-refractivity contribution in [1.82, 2.24) is 16.2 Å². The summed E-state index contributed by atoms with van der Waals surface area (Å²) in [5.74, 6) is 0.717. The summed E-state index contributed by atoms with van der Waals surface area (Å²) in [6.45, 7) is 5.68. The molecule has 0 heterocycles. The van der Waals surface area contributed by atoms with Gasteiger partial charge >= 0.3 is 0 Å². The lowest BCUT2D eigenvalue weighted by Crippen LogP contribution is -2.49. The fourth-order valence-corrected chi connectivity index (χ4v) is 1.99. The normalized spacial score (nSPS) is 10.5. The van der Waals surface area contributed by atoms with E-state index in [1.807, 2.05) is 45.1 Å². The Hall–Kier alpha value is -2.28. The molecule has 1 rings (SSSR count). The molecule has 23 heavy (non-hydrogen) atoms. The zero-order valence-corrected chi connectivity index (χ0v) is 14.6. The van der Waals surface area contributed by atoms with Crippen molar-refractivity contribution in [2.75, 3.05) is 13.7 Å². The van der Waals surface area contributed by atoms with Crippen LogP contribution in [0.3, 0.4) is 0 Å². The van der Waals surface area contributed by atoms with E-state index in [1.165, 1.54) is 0 Å². The molecule has 0 unspecified atom stereocenters. The van der Waals surface area contributed by atoms with E-state index in [4.69, 9.17) is 21.7 Å². The minimum absolute atomic E-state index is 0.156. The summed E-state index contributed by atoms with van der Waals surface area (Å²) in [5.41, 5.74) is 6.06. The van der Waals surface area contributed by atoms with Crippen molar-refractivity contribution in [1.29, 1.82) is 0 Å². The van der Waals surface area contributed by atoms with Gasteiger partial charge in [-0.2, -0.15) is 0 Å². The van der Waals surface area contributed by atoms with Gasteiger partial charge in [0.2, 0.25) is 0 Å². The first-order chi connectivity index (χ1) is 11.0. The van der Waals surface area contributed by atoms with E-state index in [-0.39, 0.29) is 18.6 Å². The molecule has 0 fully saturated rings. The third-order valence-electron chi connectivity index (χ3n) is 2.64. The quantitative estimate of drug-likeness (QED) is 0.545. The number of hydrazine groups is 1. The van der Waals surface area contributed by atoms with Crippen LogP contribution in [0, 0.1) is 0 Å². The third kappa shape index (κ3) is 7.01. The van der Waals surface area contributed by atoms with Gasteiger partial charge in [-0.3, -0.25) is 15.6 Å². The molecular weight excluding hydrogens is 314 g/mol. The van der Waals surface area contributed by atoms with Gasteiger partial charge in [-0.15, -0.1) is 0 Å². The molecule has 0 bridgehead atoms. The minimum Gasteiger partial charge on any atom is -0.493 e. The number of methoxy groups -OCH3 is 1. The molecule has 0 saturated heterocycles. The maximum atomic E-state index is 11.7. The first-order valence-electron chi connectivity index (χ1n) is 7.25. The van der Waals surface area contributed by atoms with Gasteiger partial charge in [0.15, 0.2) is 23.2 Å². The second-order valence-corrected chi connectivity index (χ2v) is 5.41. The predicted octanol–water partition coefficient (Wildman–Crippen LogP) is 2.01. The van der Waals surface area contributed by atoms with Crippen molar-refractivity contribution >= 4 is 29.3 Å². The molecule has 1 aromatic carbocycles. The molecule has 3 N–H and O–H groups in total. The maximum absolute atomic E-state index is 11.7. The highest BCUT2D eigenvalue weighted by Crippen LogP contribution is 2.28. The van der Waals surface area contributed by atoms with Crippen LogP contribution >= 0.6 is 12.2 Å². The van der Waals surface area contributed by atoms with Crippen LogP contribution in [0.4, 0.5) is 0 Å². The van der Waals surface area contributed by atoms with E-state index in [1.54, 1.807) is 13.2 Å². The average Bonchev–Trinajstić information content (AvgIpc) is 2.51. The number of nitrogens with one attached hydrogen (secondary N) is 3. The molecule has 0 saturated carbocycles. The first-order valence-corrected chi connectivity index (χ1v) is 7.66. The highest BCUT2D eigenvalue weighted by Gasteiger charge is 2.08. The van der Waals surface area contributed by atoms with Crippen LogP contribution in [0.2, 0.25) is 0 Å². The lowest BCUT2D eigenvalue weighted by atomic mass is 10.2. The predicted molar refractivity (Wildman–Crippen MR) is 95.3 cm³/mol. The van der Waals surface area contributed by atoms with Crippen molar-refractivity contribution in [2.24, 2.45) is 0 Å². The SMILES string of the molecule is C/C=C/c1ccc(OCC(=O)NNC(=S)NC(C)C)c(OC)c1. The van der Waals surface area contributed by atoms with Gasteiger partial charge in [0.1, 0.15) is 0 Å². The van der Waals surface area contributed by atoms with Gasteiger partial charge in [-0.25, -0.2) is 0 Å². The Labute approximate surface area is 142 Å². The third-order valence-corrected chi connectivity index (χ3v) is 2.86. The fourth-order valence-electron chi connectivity index (χ4n) is 1.70. The van der Waals surface area contributed by atoms with Gasteiger partial charge in [0, 0.05) is 6.04 Å². The smallest absolute Gasteiger partial charge is 0.276 e. The number of rotatable bonds is 6. The lowest BCUT2D eigenvalue weighted by Gasteiger charge is -2.14. The summed E-state index contributed by atoms with van der Waals surface area (Å²) in [4.78, 5) is 11.7. The standard InChI is InChI=1S/C16H23N3O3S/c1-5-6-12-7-8-13(14(9-12)21-4)22-10-15(20)18-19-16(23)17-11(2)3/h5-9,11H,10H2,1-4H3,(H,18,20)(H2,17,19,23)/b6-5+. The Kier molecular flexibility index (Phi) is 7.90. The molecule has 0 aliphatic carbocycles. The van der Waals surface area contributed by atoms with E-state index in [0.717, 1.165) is 5.56 Å². The van der Waals surface area contributed by atoms with Gasteiger partial charge in [-0.1, -0.05) is 18.2 Å².